The number of hydrogen-bond acceptors (Lipinski definition) is 3. The van der Waals surface area contributed by atoms with E-state index in [4.69, 9.17) is 0 Å². The lowest BCUT2D eigenvalue weighted by molar-refractivity contribution is 0.581. The van der Waals surface area contributed by atoms with Gasteiger partial charge >= 0.3 is 0 Å². The summed E-state index contributed by atoms with van der Waals surface area (Å²) in [4.78, 5) is 3.10. The van der Waals surface area contributed by atoms with Crippen LogP contribution in [0.15, 0.2) is 12.3 Å². The molecule has 102 valence electrons. The third kappa shape index (κ3) is 2.74. The molecule has 0 saturated heterocycles. The van der Waals surface area contributed by atoms with Crippen LogP contribution in [0.5, 0.6) is 0 Å². The van der Waals surface area contributed by atoms with Gasteiger partial charge in [-0.2, -0.15) is 5.10 Å². The zero-order valence-corrected chi connectivity index (χ0v) is 12.4. The number of H-pyrrole nitrogens is 1. The first-order valence-electron chi connectivity index (χ1n) is 7.07. The van der Waals surface area contributed by atoms with Crippen LogP contribution in [0, 0.1) is 6.92 Å². The van der Waals surface area contributed by atoms with Gasteiger partial charge in [-0.15, -0.1) is 11.3 Å². The highest BCUT2D eigenvalue weighted by molar-refractivity contribution is 7.12. The van der Waals surface area contributed by atoms with E-state index in [0.717, 1.165) is 12.2 Å². The molecule has 3 rings (SSSR count). The maximum atomic E-state index is 4.06. The van der Waals surface area contributed by atoms with E-state index in [2.05, 4.69) is 35.4 Å². The molecule has 0 aliphatic heterocycles. The Morgan fingerprint density at radius 3 is 3.00 bits per heavy atom. The molecule has 3 nitrogen and oxygen atoms in total. The minimum Gasteiger partial charge on any atom is -0.305 e. The third-order valence-corrected chi connectivity index (χ3v) is 5.40. The fourth-order valence-corrected chi connectivity index (χ4v) is 3.93. The van der Waals surface area contributed by atoms with Crippen molar-refractivity contribution in [1.82, 2.24) is 15.5 Å². The van der Waals surface area contributed by atoms with Crippen molar-refractivity contribution in [1.29, 1.82) is 0 Å². The average Bonchev–Trinajstić information content (AvgIpc) is 3.01. The van der Waals surface area contributed by atoms with Crippen molar-refractivity contribution < 1.29 is 0 Å². The Balaban J connectivity index is 1.65. The van der Waals surface area contributed by atoms with E-state index in [1.54, 1.807) is 10.4 Å². The predicted molar refractivity (Wildman–Crippen MR) is 79.5 cm³/mol. The summed E-state index contributed by atoms with van der Waals surface area (Å²) in [7, 11) is 0. The molecule has 2 aromatic rings. The lowest BCUT2D eigenvalue weighted by Crippen LogP contribution is -2.17. The second-order valence-corrected chi connectivity index (χ2v) is 6.60. The van der Waals surface area contributed by atoms with Gasteiger partial charge in [0.1, 0.15) is 0 Å². The van der Waals surface area contributed by atoms with Crippen molar-refractivity contribution in [2.24, 2.45) is 0 Å². The molecule has 0 radical (unpaired) electrons. The number of fused-ring (bicyclic) bond motifs is 1. The van der Waals surface area contributed by atoms with E-state index >= 15 is 0 Å². The number of aromatic amines is 1. The summed E-state index contributed by atoms with van der Waals surface area (Å²) in [6.07, 6.45) is 7.20. The quantitative estimate of drug-likeness (QED) is 0.896. The minimum absolute atomic E-state index is 0.421. The maximum Gasteiger partial charge on any atom is 0.0535 e. The van der Waals surface area contributed by atoms with Crippen LogP contribution < -0.4 is 5.32 Å². The molecule has 1 aliphatic carbocycles. The summed E-state index contributed by atoms with van der Waals surface area (Å²) in [6, 6.07) is 2.84. The number of nitrogens with zero attached hydrogens (tertiary/aromatic N) is 1. The Hall–Kier alpha value is -1.13. The topological polar surface area (TPSA) is 40.7 Å². The van der Waals surface area contributed by atoms with Crippen LogP contribution in [0.3, 0.4) is 0 Å². The van der Waals surface area contributed by atoms with Crippen molar-refractivity contribution in [3.8, 4) is 0 Å². The van der Waals surface area contributed by atoms with E-state index < -0.39 is 0 Å². The zero-order valence-electron chi connectivity index (χ0n) is 11.6. The van der Waals surface area contributed by atoms with Gasteiger partial charge in [0.05, 0.1) is 6.20 Å². The number of aryl methyl sites for hydroxylation is 3. The Bertz CT molecular complexity index is 532. The van der Waals surface area contributed by atoms with Crippen molar-refractivity contribution >= 4 is 11.3 Å². The maximum absolute atomic E-state index is 4.06. The molecule has 0 amide bonds. The number of nitrogens with one attached hydrogen (secondary N) is 2. The standard InChI is InChI=1S/C15H21N3S/c1-10-13(9-17-18-10)8-16-11(2)15-7-12-5-3-4-6-14(12)19-15/h7,9,11,16H,3-6,8H2,1-2H3,(H,17,18). The van der Waals surface area contributed by atoms with Crippen LogP contribution in [0.2, 0.25) is 0 Å². The molecule has 2 aromatic heterocycles. The molecule has 19 heavy (non-hydrogen) atoms. The molecule has 0 aromatic carbocycles. The number of hydrogen-bond donors (Lipinski definition) is 2. The first-order valence-corrected chi connectivity index (χ1v) is 7.89. The van der Waals surface area contributed by atoms with Gasteiger partial charge in [-0.1, -0.05) is 0 Å². The first kappa shape index (κ1) is 12.9. The van der Waals surface area contributed by atoms with Gasteiger partial charge < -0.3 is 5.32 Å². The summed E-state index contributed by atoms with van der Waals surface area (Å²) in [5.74, 6) is 0. The van der Waals surface area contributed by atoms with Crippen LogP contribution in [-0.4, -0.2) is 10.2 Å². The van der Waals surface area contributed by atoms with E-state index in [9.17, 15) is 0 Å². The molecule has 1 unspecified atom stereocenters. The van der Waals surface area contributed by atoms with Crippen LogP contribution in [0.4, 0.5) is 0 Å². The molecule has 0 bridgehead atoms. The average molecular weight is 275 g/mol. The van der Waals surface area contributed by atoms with E-state index in [-0.39, 0.29) is 0 Å². The van der Waals surface area contributed by atoms with Crippen LogP contribution in [-0.2, 0) is 19.4 Å². The van der Waals surface area contributed by atoms with Gasteiger partial charge in [-0.3, -0.25) is 5.10 Å². The second kappa shape index (κ2) is 5.47. The smallest absolute Gasteiger partial charge is 0.0535 e. The highest BCUT2D eigenvalue weighted by atomic mass is 32.1. The number of aromatic nitrogens is 2. The van der Waals surface area contributed by atoms with Crippen LogP contribution >= 0.6 is 11.3 Å². The molecular weight excluding hydrogens is 254 g/mol. The Morgan fingerprint density at radius 1 is 1.42 bits per heavy atom. The minimum atomic E-state index is 0.421. The Morgan fingerprint density at radius 2 is 2.26 bits per heavy atom. The molecule has 2 heterocycles. The summed E-state index contributed by atoms with van der Waals surface area (Å²) in [5, 5.41) is 10.6. The van der Waals surface area contributed by atoms with Crippen LogP contribution in [0.25, 0.3) is 0 Å². The predicted octanol–water partition coefficient (Wildman–Crippen LogP) is 3.51. The first-order chi connectivity index (χ1) is 9.24. The Kier molecular flexibility index (Phi) is 3.71. The molecular formula is C15H21N3S. The van der Waals surface area contributed by atoms with Gasteiger partial charge in [-0.05, 0) is 51.2 Å². The largest absolute Gasteiger partial charge is 0.305 e. The van der Waals surface area contributed by atoms with Crippen LogP contribution in [0.1, 0.15) is 52.4 Å². The van der Waals surface area contributed by atoms with Gasteiger partial charge in [0, 0.05) is 33.6 Å². The van der Waals surface area contributed by atoms with Crippen molar-refractivity contribution in [2.75, 3.05) is 0 Å². The lowest BCUT2D eigenvalue weighted by atomic mass is 9.99. The monoisotopic (exact) mass is 275 g/mol. The summed E-state index contributed by atoms with van der Waals surface area (Å²) < 4.78 is 0. The SMILES string of the molecule is Cc1[nH]ncc1CNC(C)c1cc2c(s1)CCCC2. The van der Waals surface area contributed by atoms with Gasteiger partial charge in [-0.25, -0.2) is 0 Å². The highest BCUT2D eigenvalue weighted by Crippen LogP contribution is 2.32. The van der Waals surface area contributed by atoms with Gasteiger partial charge in [0.15, 0.2) is 0 Å². The summed E-state index contributed by atoms with van der Waals surface area (Å²) >= 11 is 2.00. The van der Waals surface area contributed by atoms with Crippen molar-refractivity contribution in [2.45, 2.75) is 52.1 Å². The number of thiophene rings is 1. The molecule has 1 atom stereocenters. The molecule has 0 spiro atoms. The molecule has 2 N–H and O–H groups in total. The fourth-order valence-electron chi connectivity index (χ4n) is 2.64. The van der Waals surface area contributed by atoms with E-state index in [0.29, 0.717) is 6.04 Å². The molecule has 1 aliphatic rings. The Labute approximate surface area is 118 Å². The molecule has 4 heteroatoms. The summed E-state index contributed by atoms with van der Waals surface area (Å²) in [5.41, 5.74) is 4.01. The van der Waals surface area contributed by atoms with Crippen molar-refractivity contribution in [3.05, 3.63) is 38.8 Å². The second-order valence-electron chi connectivity index (χ2n) is 5.43. The third-order valence-electron chi connectivity index (χ3n) is 3.98. The molecule has 0 saturated carbocycles. The summed E-state index contributed by atoms with van der Waals surface area (Å²) in [6.45, 7) is 5.21. The van der Waals surface area contributed by atoms with E-state index in [1.807, 2.05) is 17.5 Å². The van der Waals surface area contributed by atoms with Gasteiger partial charge in [0.25, 0.3) is 0 Å². The highest BCUT2D eigenvalue weighted by Gasteiger charge is 2.16. The molecule has 0 fully saturated rings. The lowest BCUT2D eigenvalue weighted by Gasteiger charge is -2.11. The van der Waals surface area contributed by atoms with Gasteiger partial charge in [0.2, 0.25) is 0 Å². The fraction of sp³-hybridized carbons (Fsp3) is 0.533. The normalized spacial score (nSPS) is 16.3. The number of rotatable bonds is 4. The van der Waals surface area contributed by atoms with Crippen molar-refractivity contribution in [3.63, 3.8) is 0 Å². The van der Waals surface area contributed by atoms with E-state index in [1.165, 1.54) is 36.1 Å². The zero-order chi connectivity index (χ0) is 13.2.